The molecule has 1 aliphatic heterocycles. The van der Waals surface area contributed by atoms with Crippen LogP contribution in [-0.2, 0) is 0 Å². The van der Waals surface area contributed by atoms with Crippen molar-refractivity contribution in [2.24, 2.45) is 5.41 Å². The molecule has 1 saturated heterocycles. The Kier molecular flexibility index (Phi) is 5.49. The molecule has 1 aromatic carbocycles. The van der Waals surface area contributed by atoms with E-state index in [1.807, 2.05) is 13.8 Å². The minimum Gasteiger partial charge on any atom is -0.396 e. The molecule has 0 aromatic heterocycles. The van der Waals surface area contributed by atoms with Crippen LogP contribution in [0.2, 0.25) is 10.0 Å². The van der Waals surface area contributed by atoms with Crippen LogP contribution in [0.25, 0.3) is 0 Å². The fraction of sp³-hybridized carbons (Fsp3) is 0.600. The quantitative estimate of drug-likeness (QED) is 0.830. The van der Waals surface area contributed by atoms with Crippen LogP contribution in [0, 0.1) is 11.2 Å². The van der Waals surface area contributed by atoms with Gasteiger partial charge in [0.05, 0.1) is 5.02 Å². The second kappa shape index (κ2) is 6.80. The van der Waals surface area contributed by atoms with E-state index in [2.05, 4.69) is 10.2 Å². The topological polar surface area (TPSA) is 35.5 Å². The average Bonchev–Trinajstić information content (AvgIpc) is 2.48. The van der Waals surface area contributed by atoms with Crippen molar-refractivity contribution in [2.75, 3.05) is 32.8 Å². The Bertz CT molecular complexity index is 505. The molecule has 2 rings (SSSR count). The Balaban J connectivity index is 2.52. The van der Waals surface area contributed by atoms with Crippen molar-refractivity contribution < 1.29 is 9.50 Å². The second-order valence-electron chi connectivity index (χ2n) is 6.09. The van der Waals surface area contributed by atoms with Gasteiger partial charge in [-0.25, -0.2) is 4.39 Å². The molecule has 1 fully saturated rings. The molecular weight excluding hydrogens is 314 g/mol. The first-order valence-electron chi connectivity index (χ1n) is 7.07. The Labute approximate surface area is 135 Å². The Morgan fingerprint density at radius 1 is 1.29 bits per heavy atom. The van der Waals surface area contributed by atoms with E-state index in [-0.39, 0.29) is 17.7 Å². The summed E-state index contributed by atoms with van der Waals surface area (Å²) in [6.45, 7) is 6.97. The average molecular weight is 335 g/mol. The van der Waals surface area contributed by atoms with Gasteiger partial charge in [-0.05, 0) is 12.1 Å². The number of hydrogen-bond donors (Lipinski definition) is 2. The maximum absolute atomic E-state index is 14.6. The van der Waals surface area contributed by atoms with Gasteiger partial charge in [0.25, 0.3) is 0 Å². The van der Waals surface area contributed by atoms with E-state index in [4.69, 9.17) is 23.2 Å². The molecule has 2 N–H and O–H groups in total. The predicted octanol–water partition coefficient (Wildman–Crippen LogP) is 3.10. The number of nitrogens with zero attached hydrogens (tertiary/aromatic N) is 1. The van der Waals surface area contributed by atoms with Crippen molar-refractivity contribution in [3.05, 3.63) is 33.6 Å². The van der Waals surface area contributed by atoms with Gasteiger partial charge < -0.3 is 10.4 Å². The molecule has 1 aromatic rings. The van der Waals surface area contributed by atoms with Crippen LogP contribution in [0.4, 0.5) is 4.39 Å². The van der Waals surface area contributed by atoms with Crippen LogP contribution in [0.5, 0.6) is 0 Å². The van der Waals surface area contributed by atoms with Crippen LogP contribution < -0.4 is 5.32 Å². The predicted molar refractivity (Wildman–Crippen MR) is 84.5 cm³/mol. The van der Waals surface area contributed by atoms with Crippen LogP contribution in [0.1, 0.15) is 25.5 Å². The fourth-order valence-electron chi connectivity index (χ4n) is 2.89. The summed E-state index contributed by atoms with van der Waals surface area (Å²) in [6.07, 6.45) is 0. The van der Waals surface area contributed by atoms with Crippen molar-refractivity contribution >= 4 is 23.2 Å². The molecule has 3 nitrogen and oxygen atoms in total. The van der Waals surface area contributed by atoms with E-state index in [0.29, 0.717) is 10.6 Å². The number of piperazine rings is 1. The molecule has 0 radical (unpaired) electrons. The lowest BCUT2D eigenvalue weighted by Crippen LogP contribution is -2.50. The zero-order valence-corrected chi connectivity index (χ0v) is 13.8. The Hall–Kier alpha value is -0.390. The molecule has 1 heterocycles. The number of aliphatic hydroxyl groups excluding tert-OH is 1. The smallest absolute Gasteiger partial charge is 0.148 e. The number of halogens is 3. The van der Waals surface area contributed by atoms with E-state index in [1.165, 1.54) is 6.07 Å². The lowest BCUT2D eigenvalue weighted by atomic mass is 9.79. The highest BCUT2D eigenvalue weighted by Gasteiger charge is 2.38. The summed E-state index contributed by atoms with van der Waals surface area (Å²) < 4.78 is 14.6. The third-order valence-electron chi connectivity index (χ3n) is 4.02. The Morgan fingerprint density at radius 3 is 2.43 bits per heavy atom. The standard InChI is InChI=1S/C15H21Cl2FN2O/c1-15(2,9-21)14(20-7-5-19-6-8-20)12-10(16)3-4-11(17)13(12)18/h3-4,14,19,21H,5-9H2,1-2H3/t14-/m0/s1. The van der Waals surface area contributed by atoms with Crippen LogP contribution in [0.3, 0.4) is 0 Å². The SMILES string of the molecule is CC(C)(CO)[C@H](c1c(Cl)ccc(Cl)c1F)N1CCNCC1. The molecular formula is C15H21Cl2FN2O. The molecule has 0 bridgehead atoms. The van der Waals surface area contributed by atoms with Crippen molar-refractivity contribution in [3.63, 3.8) is 0 Å². The van der Waals surface area contributed by atoms with E-state index in [0.717, 1.165) is 26.2 Å². The van der Waals surface area contributed by atoms with Gasteiger partial charge in [-0.3, -0.25) is 4.90 Å². The van der Waals surface area contributed by atoms with Gasteiger partial charge in [-0.1, -0.05) is 37.0 Å². The summed E-state index contributed by atoms with van der Waals surface area (Å²) in [5.41, 5.74) is -0.155. The zero-order chi connectivity index (χ0) is 15.6. The van der Waals surface area contributed by atoms with E-state index < -0.39 is 11.2 Å². The van der Waals surface area contributed by atoms with Gasteiger partial charge in [0.2, 0.25) is 0 Å². The minimum atomic E-state index is -0.535. The minimum absolute atomic E-state index is 0.0586. The first kappa shape index (κ1) is 17.0. The third-order valence-corrected chi connectivity index (χ3v) is 4.64. The van der Waals surface area contributed by atoms with Crippen LogP contribution >= 0.6 is 23.2 Å². The zero-order valence-electron chi connectivity index (χ0n) is 12.3. The normalized spacial score (nSPS) is 18.8. The van der Waals surface area contributed by atoms with Crippen LogP contribution in [-0.4, -0.2) is 42.8 Å². The number of aliphatic hydroxyl groups is 1. The van der Waals surface area contributed by atoms with Crippen LogP contribution in [0.15, 0.2) is 12.1 Å². The van der Waals surface area contributed by atoms with Crippen molar-refractivity contribution in [2.45, 2.75) is 19.9 Å². The van der Waals surface area contributed by atoms with E-state index in [1.54, 1.807) is 6.07 Å². The van der Waals surface area contributed by atoms with Gasteiger partial charge in [0.1, 0.15) is 5.82 Å². The molecule has 6 heteroatoms. The Morgan fingerprint density at radius 2 is 1.86 bits per heavy atom. The summed E-state index contributed by atoms with van der Waals surface area (Å²) in [4.78, 5) is 2.16. The van der Waals surface area contributed by atoms with Gasteiger partial charge in [0, 0.05) is 54.8 Å². The highest BCUT2D eigenvalue weighted by atomic mass is 35.5. The molecule has 0 amide bonds. The summed E-state index contributed by atoms with van der Waals surface area (Å²) in [6, 6.07) is 2.75. The summed E-state index contributed by atoms with van der Waals surface area (Å²) >= 11 is 12.2. The van der Waals surface area contributed by atoms with Gasteiger partial charge in [0.15, 0.2) is 0 Å². The first-order chi connectivity index (χ1) is 9.88. The molecule has 1 atom stereocenters. The number of nitrogens with one attached hydrogen (secondary N) is 1. The van der Waals surface area contributed by atoms with Crippen molar-refractivity contribution in [1.29, 1.82) is 0 Å². The van der Waals surface area contributed by atoms with Crippen molar-refractivity contribution in [3.8, 4) is 0 Å². The molecule has 1 aliphatic rings. The monoisotopic (exact) mass is 334 g/mol. The second-order valence-corrected chi connectivity index (χ2v) is 6.91. The summed E-state index contributed by atoms with van der Waals surface area (Å²) in [5, 5.41) is 13.4. The molecule has 0 spiro atoms. The maximum Gasteiger partial charge on any atom is 0.148 e. The molecule has 0 saturated carbocycles. The first-order valence-corrected chi connectivity index (χ1v) is 7.83. The highest BCUT2D eigenvalue weighted by Crippen LogP contribution is 2.43. The largest absolute Gasteiger partial charge is 0.396 e. The molecule has 21 heavy (non-hydrogen) atoms. The maximum atomic E-state index is 14.6. The van der Waals surface area contributed by atoms with E-state index in [9.17, 15) is 9.50 Å². The van der Waals surface area contributed by atoms with Crippen molar-refractivity contribution in [1.82, 2.24) is 10.2 Å². The molecule has 0 aliphatic carbocycles. The summed E-state index contributed by atoms with van der Waals surface area (Å²) in [7, 11) is 0. The number of rotatable bonds is 4. The fourth-order valence-corrected chi connectivity index (χ4v) is 3.30. The number of benzene rings is 1. The third kappa shape index (κ3) is 3.51. The highest BCUT2D eigenvalue weighted by molar-refractivity contribution is 6.33. The lowest BCUT2D eigenvalue weighted by Gasteiger charge is -2.43. The van der Waals surface area contributed by atoms with Gasteiger partial charge in [-0.2, -0.15) is 0 Å². The summed E-state index contributed by atoms with van der Waals surface area (Å²) in [5.74, 6) is -0.491. The molecule has 118 valence electrons. The van der Waals surface area contributed by atoms with Gasteiger partial charge >= 0.3 is 0 Å². The molecule has 0 unspecified atom stereocenters. The number of hydrogen-bond acceptors (Lipinski definition) is 3. The lowest BCUT2D eigenvalue weighted by molar-refractivity contribution is 0.0287. The van der Waals surface area contributed by atoms with E-state index >= 15 is 0 Å². The van der Waals surface area contributed by atoms with Gasteiger partial charge in [-0.15, -0.1) is 0 Å².